The predicted molar refractivity (Wildman–Crippen MR) is 69.7 cm³/mol. The molecule has 0 bridgehead atoms. The first-order valence-electron chi connectivity index (χ1n) is 7.29. The summed E-state index contributed by atoms with van der Waals surface area (Å²) in [7, 11) is 0. The van der Waals surface area contributed by atoms with Crippen molar-refractivity contribution in [2.24, 2.45) is 17.8 Å². The molecule has 2 amide bonds. The quantitative estimate of drug-likeness (QED) is 0.330. The molecule has 0 N–H and O–H groups in total. The molecule has 3 aliphatic rings. The Bertz CT molecular complexity index is 430. The molecule has 0 radical (unpaired) electrons. The molecule has 3 rings (SSSR count). The van der Waals surface area contributed by atoms with Gasteiger partial charge in [-0.2, -0.15) is 5.06 Å². The monoisotopic (exact) mass is 277 g/mol. The lowest BCUT2D eigenvalue weighted by molar-refractivity contribution is -0.217. The molecule has 0 aromatic heterocycles. The number of imide groups is 1. The number of hydrogen-bond donors (Lipinski definition) is 0. The SMILES string of the molecule is O=C1CCC(=O)N1OCOCC1C2CCC#CCCC21. The van der Waals surface area contributed by atoms with Crippen LogP contribution in [0.2, 0.25) is 0 Å². The predicted octanol–water partition coefficient (Wildman–Crippen LogP) is 1.48. The van der Waals surface area contributed by atoms with Gasteiger partial charge in [0.05, 0.1) is 6.61 Å². The first-order chi connectivity index (χ1) is 9.77. The molecule has 2 unspecified atom stereocenters. The molecule has 2 fully saturated rings. The van der Waals surface area contributed by atoms with Crippen molar-refractivity contribution in [3.8, 4) is 11.8 Å². The zero-order valence-electron chi connectivity index (χ0n) is 11.5. The number of hydrogen-bond acceptors (Lipinski definition) is 4. The largest absolute Gasteiger partial charge is 0.353 e. The van der Waals surface area contributed by atoms with E-state index >= 15 is 0 Å². The van der Waals surface area contributed by atoms with Gasteiger partial charge in [0.1, 0.15) is 0 Å². The Morgan fingerprint density at radius 2 is 1.65 bits per heavy atom. The van der Waals surface area contributed by atoms with E-state index in [1.165, 1.54) is 0 Å². The summed E-state index contributed by atoms with van der Waals surface area (Å²) in [6.07, 6.45) is 4.79. The Morgan fingerprint density at radius 3 is 2.25 bits per heavy atom. The maximum Gasteiger partial charge on any atom is 0.254 e. The van der Waals surface area contributed by atoms with Gasteiger partial charge in [0.2, 0.25) is 0 Å². The lowest BCUT2D eigenvalue weighted by Crippen LogP contribution is -2.30. The van der Waals surface area contributed by atoms with E-state index in [4.69, 9.17) is 9.57 Å². The van der Waals surface area contributed by atoms with Crippen molar-refractivity contribution in [1.29, 1.82) is 0 Å². The third-order valence-corrected chi connectivity index (χ3v) is 4.42. The number of fused-ring (bicyclic) bond motifs is 1. The van der Waals surface area contributed by atoms with Crippen LogP contribution >= 0.6 is 0 Å². The molecule has 2 aliphatic carbocycles. The van der Waals surface area contributed by atoms with Gasteiger partial charge in [-0.1, -0.05) is 0 Å². The Hall–Kier alpha value is -1.38. The van der Waals surface area contributed by atoms with Crippen molar-refractivity contribution in [3.05, 3.63) is 0 Å². The minimum atomic E-state index is -0.274. The Morgan fingerprint density at radius 1 is 1.05 bits per heavy atom. The van der Waals surface area contributed by atoms with Crippen molar-refractivity contribution in [3.63, 3.8) is 0 Å². The van der Waals surface area contributed by atoms with Crippen LogP contribution in [-0.4, -0.2) is 30.3 Å². The summed E-state index contributed by atoms with van der Waals surface area (Å²) in [5, 5.41) is 0.837. The van der Waals surface area contributed by atoms with Crippen molar-refractivity contribution in [2.75, 3.05) is 13.4 Å². The van der Waals surface area contributed by atoms with Crippen LogP contribution in [0.3, 0.4) is 0 Å². The van der Waals surface area contributed by atoms with Gasteiger partial charge in [0, 0.05) is 25.7 Å². The summed E-state index contributed by atoms with van der Waals surface area (Å²) in [6, 6.07) is 0. The molecule has 20 heavy (non-hydrogen) atoms. The lowest BCUT2D eigenvalue weighted by atomic mass is 10.1. The van der Waals surface area contributed by atoms with E-state index in [2.05, 4.69) is 11.8 Å². The molecular formula is C15H19NO4. The molecular weight excluding hydrogens is 258 g/mol. The van der Waals surface area contributed by atoms with Gasteiger partial charge in [-0.05, 0) is 30.6 Å². The van der Waals surface area contributed by atoms with Gasteiger partial charge in [-0.25, -0.2) is 4.84 Å². The number of hydroxylamine groups is 2. The van der Waals surface area contributed by atoms with Crippen LogP contribution < -0.4 is 0 Å². The molecule has 0 aromatic carbocycles. The minimum absolute atomic E-state index is 0.0239. The molecule has 108 valence electrons. The molecule has 1 saturated heterocycles. The fourth-order valence-corrected chi connectivity index (χ4v) is 3.26. The summed E-state index contributed by atoms with van der Waals surface area (Å²) < 4.78 is 5.48. The van der Waals surface area contributed by atoms with Crippen LogP contribution in [0, 0.1) is 29.6 Å². The maximum atomic E-state index is 11.3. The zero-order valence-corrected chi connectivity index (χ0v) is 11.5. The Kier molecular flexibility index (Phi) is 4.04. The highest BCUT2D eigenvalue weighted by Crippen LogP contribution is 2.52. The van der Waals surface area contributed by atoms with E-state index in [1.807, 2.05) is 0 Å². The average molecular weight is 277 g/mol. The van der Waals surface area contributed by atoms with Crippen LogP contribution in [0.25, 0.3) is 0 Å². The standard InChI is InChI=1S/C15H19NO4/c17-14-7-8-15(18)16(14)20-10-19-9-13-11-5-3-1-2-4-6-12(11)13/h11-13H,3-10H2. The number of carbonyl (C=O) groups excluding carboxylic acids is 2. The zero-order chi connectivity index (χ0) is 13.9. The normalized spacial score (nSPS) is 32.2. The van der Waals surface area contributed by atoms with E-state index < -0.39 is 0 Å². The van der Waals surface area contributed by atoms with Crippen molar-refractivity contribution < 1.29 is 19.2 Å². The Balaban J connectivity index is 1.35. The van der Waals surface area contributed by atoms with Gasteiger partial charge in [0.15, 0.2) is 6.79 Å². The molecule has 2 atom stereocenters. The van der Waals surface area contributed by atoms with Crippen LogP contribution in [0.5, 0.6) is 0 Å². The van der Waals surface area contributed by atoms with E-state index in [0.717, 1.165) is 42.6 Å². The van der Waals surface area contributed by atoms with Gasteiger partial charge in [-0.3, -0.25) is 9.59 Å². The third kappa shape index (κ3) is 2.87. The van der Waals surface area contributed by atoms with Crippen molar-refractivity contribution >= 4 is 11.8 Å². The van der Waals surface area contributed by atoms with E-state index in [1.54, 1.807) is 0 Å². The summed E-state index contributed by atoms with van der Waals surface area (Å²) >= 11 is 0. The van der Waals surface area contributed by atoms with Crippen LogP contribution in [0.1, 0.15) is 38.5 Å². The van der Waals surface area contributed by atoms with Gasteiger partial charge < -0.3 is 4.74 Å². The summed E-state index contributed by atoms with van der Waals surface area (Å²) in [4.78, 5) is 27.7. The topological polar surface area (TPSA) is 55.8 Å². The molecule has 0 spiro atoms. The van der Waals surface area contributed by atoms with Crippen molar-refractivity contribution in [2.45, 2.75) is 38.5 Å². The average Bonchev–Trinajstić information content (AvgIpc) is 2.93. The second-order valence-corrected chi connectivity index (χ2v) is 5.62. The maximum absolute atomic E-state index is 11.3. The highest BCUT2D eigenvalue weighted by Gasteiger charge is 2.48. The number of carbonyl (C=O) groups is 2. The smallest absolute Gasteiger partial charge is 0.254 e. The molecule has 1 saturated carbocycles. The third-order valence-electron chi connectivity index (χ3n) is 4.42. The summed E-state index contributed by atoms with van der Waals surface area (Å²) in [6.45, 7) is 0.621. The van der Waals surface area contributed by atoms with Crippen molar-refractivity contribution in [1.82, 2.24) is 5.06 Å². The van der Waals surface area contributed by atoms with Gasteiger partial charge >= 0.3 is 0 Å². The first-order valence-corrected chi connectivity index (χ1v) is 7.29. The second-order valence-electron chi connectivity index (χ2n) is 5.62. The summed E-state index contributed by atoms with van der Waals surface area (Å²) in [5.41, 5.74) is 0. The molecule has 5 nitrogen and oxygen atoms in total. The molecule has 0 aromatic rings. The first kappa shape index (κ1) is 13.6. The number of ether oxygens (including phenoxy) is 1. The second kappa shape index (κ2) is 5.94. The van der Waals surface area contributed by atoms with Gasteiger partial charge in [0.25, 0.3) is 11.8 Å². The fraction of sp³-hybridized carbons (Fsp3) is 0.733. The number of amides is 2. The van der Waals surface area contributed by atoms with E-state index in [-0.39, 0.29) is 31.4 Å². The fourth-order valence-electron chi connectivity index (χ4n) is 3.26. The van der Waals surface area contributed by atoms with E-state index in [0.29, 0.717) is 12.5 Å². The van der Waals surface area contributed by atoms with E-state index in [9.17, 15) is 9.59 Å². The molecule has 1 aliphatic heterocycles. The highest BCUT2D eigenvalue weighted by molar-refractivity contribution is 6.00. The number of rotatable bonds is 5. The minimum Gasteiger partial charge on any atom is -0.353 e. The Labute approximate surface area is 118 Å². The summed E-state index contributed by atoms with van der Waals surface area (Å²) in [5.74, 6) is 7.87. The number of nitrogens with zero attached hydrogens (tertiary/aromatic N) is 1. The van der Waals surface area contributed by atoms with Crippen LogP contribution in [0.15, 0.2) is 0 Å². The van der Waals surface area contributed by atoms with Crippen LogP contribution in [0.4, 0.5) is 0 Å². The molecule has 5 heteroatoms. The van der Waals surface area contributed by atoms with Crippen LogP contribution in [-0.2, 0) is 19.2 Å². The lowest BCUT2D eigenvalue weighted by Gasteiger charge is -2.13. The molecule has 1 heterocycles. The van der Waals surface area contributed by atoms with Gasteiger partial charge in [-0.15, -0.1) is 11.8 Å². The highest BCUT2D eigenvalue weighted by atomic mass is 16.8.